The van der Waals surface area contributed by atoms with E-state index in [1.165, 1.54) is 0 Å². The van der Waals surface area contributed by atoms with Crippen LogP contribution in [-0.2, 0) is 0 Å². The molecule has 1 aliphatic rings. The molecule has 1 aliphatic heterocycles. The van der Waals surface area contributed by atoms with Crippen molar-refractivity contribution in [3.8, 4) is 0 Å². The number of benzene rings is 1. The molecule has 0 saturated carbocycles. The van der Waals surface area contributed by atoms with Gasteiger partial charge in [0, 0.05) is 28.2 Å². The Kier molecular flexibility index (Phi) is 3.30. The van der Waals surface area contributed by atoms with Crippen LogP contribution in [0.1, 0.15) is 16.8 Å². The summed E-state index contributed by atoms with van der Waals surface area (Å²) in [5.41, 5.74) is 7.08. The fraction of sp³-hybridized carbons (Fsp3) is 0.417. The molecule has 16 heavy (non-hydrogen) atoms. The number of nitrogens with zero attached hydrogens (tertiary/aromatic N) is 1. The van der Waals surface area contributed by atoms with Crippen molar-refractivity contribution < 1.29 is 4.79 Å². The van der Waals surface area contributed by atoms with E-state index in [4.69, 9.17) is 5.73 Å². The fourth-order valence-corrected chi connectivity index (χ4v) is 2.51. The second-order valence-corrected chi connectivity index (χ2v) is 5.26. The maximum atomic E-state index is 12.2. The number of nitrogen functional groups attached to an aromatic ring is 1. The molecule has 1 unspecified atom stereocenters. The molecule has 0 bridgehead atoms. The first-order chi connectivity index (χ1) is 7.58. The molecule has 4 heteroatoms. The molecule has 0 aliphatic carbocycles. The summed E-state index contributed by atoms with van der Waals surface area (Å²) < 4.78 is 0.907. The number of carbonyl (C=O) groups is 1. The lowest BCUT2D eigenvalue weighted by molar-refractivity contribution is 0.0925. The van der Waals surface area contributed by atoms with Crippen LogP contribution < -0.4 is 5.73 Å². The molecule has 1 fully saturated rings. The largest absolute Gasteiger partial charge is 0.398 e. The summed E-state index contributed by atoms with van der Waals surface area (Å²) in [5, 5.41) is 0. The minimum atomic E-state index is 0.105. The highest BCUT2D eigenvalue weighted by molar-refractivity contribution is 9.10. The van der Waals surface area contributed by atoms with Gasteiger partial charge >= 0.3 is 0 Å². The van der Waals surface area contributed by atoms with Crippen LogP contribution in [-0.4, -0.2) is 30.8 Å². The Morgan fingerprint density at radius 2 is 2.31 bits per heavy atom. The van der Waals surface area contributed by atoms with Crippen LogP contribution in [0.3, 0.4) is 0 Å². The van der Waals surface area contributed by atoms with Gasteiger partial charge in [0.2, 0.25) is 0 Å². The lowest BCUT2D eigenvalue weighted by atomic mass is 9.96. The standard InChI is InChI=1S/C12H15BrN2O/c1-15-5-4-8(7-15)12(16)10-3-2-9(13)6-11(10)14/h2-3,6,8H,4-5,7,14H2,1H3. The van der Waals surface area contributed by atoms with E-state index >= 15 is 0 Å². The van der Waals surface area contributed by atoms with E-state index in [9.17, 15) is 4.79 Å². The van der Waals surface area contributed by atoms with Crippen LogP contribution in [0.5, 0.6) is 0 Å². The lowest BCUT2D eigenvalue weighted by Gasteiger charge is -2.11. The zero-order valence-electron chi connectivity index (χ0n) is 9.24. The molecule has 0 aromatic heterocycles. The van der Waals surface area contributed by atoms with Crippen molar-refractivity contribution in [3.63, 3.8) is 0 Å². The highest BCUT2D eigenvalue weighted by atomic mass is 79.9. The molecule has 86 valence electrons. The summed E-state index contributed by atoms with van der Waals surface area (Å²) in [5.74, 6) is 0.280. The van der Waals surface area contributed by atoms with E-state index in [1.54, 1.807) is 12.1 Å². The molecule has 2 N–H and O–H groups in total. The third-order valence-corrected chi connectivity index (χ3v) is 3.53. The Hall–Kier alpha value is -0.870. The molecule has 0 spiro atoms. The zero-order chi connectivity index (χ0) is 11.7. The topological polar surface area (TPSA) is 46.3 Å². The molecule has 1 atom stereocenters. The number of ketones is 1. The SMILES string of the molecule is CN1CCC(C(=O)c2ccc(Br)cc2N)C1. The molecule has 2 rings (SSSR count). The molecule has 1 aromatic rings. The first-order valence-corrected chi connectivity index (χ1v) is 6.15. The fourth-order valence-electron chi connectivity index (χ4n) is 2.13. The molecular weight excluding hydrogens is 268 g/mol. The Morgan fingerprint density at radius 1 is 1.56 bits per heavy atom. The van der Waals surface area contributed by atoms with Crippen LogP contribution in [0, 0.1) is 5.92 Å². The third-order valence-electron chi connectivity index (χ3n) is 3.04. The van der Waals surface area contributed by atoms with Gasteiger partial charge in [-0.25, -0.2) is 0 Å². The van der Waals surface area contributed by atoms with Gasteiger partial charge in [-0.15, -0.1) is 0 Å². The maximum Gasteiger partial charge on any atom is 0.169 e. The van der Waals surface area contributed by atoms with Gasteiger partial charge in [-0.2, -0.15) is 0 Å². The Morgan fingerprint density at radius 3 is 2.88 bits per heavy atom. The van der Waals surface area contributed by atoms with E-state index in [0.29, 0.717) is 11.3 Å². The number of anilines is 1. The van der Waals surface area contributed by atoms with Gasteiger partial charge < -0.3 is 10.6 Å². The summed E-state index contributed by atoms with van der Waals surface area (Å²) >= 11 is 3.34. The Labute approximate surface area is 104 Å². The maximum absolute atomic E-state index is 12.2. The van der Waals surface area contributed by atoms with Crippen LogP contribution in [0.4, 0.5) is 5.69 Å². The van der Waals surface area contributed by atoms with Crippen LogP contribution >= 0.6 is 15.9 Å². The van der Waals surface area contributed by atoms with Gasteiger partial charge in [0.05, 0.1) is 0 Å². The number of rotatable bonds is 2. The summed E-state index contributed by atoms with van der Waals surface area (Å²) in [4.78, 5) is 14.4. The second kappa shape index (κ2) is 4.55. The predicted molar refractivity (Wildman–Crippen MR) is 68.5 cm³/mol. The number of hydrogen-bond donors (Lipinski definition) is 1. The molecule has 1 aromatic carbocycles. The normalized spacial score (nSPS) is 21.2. The molecule has 0 radical (unpaired) electrons. The monoisotopic (exact) mass is 282 g/mol. The summed E-state index contributed by atoms with van der Waals surface area (Å²) in [6.07, 6.45) is 0.935. The number of Topliss-reactive ketones (excluding diaryl/α,β-unsaturated/α-hetero) is 1. The van der Waals surface area contributed by atoms with Crippen molar-refractivity contribution >= 4 is 27.4 Å². The van der Waals surface area contributed by atoms with Gasteiger partial charge in [0.15, 0.2) is 5.78 Å². The van der Waals surface area contributed by atoms with Crippen molar-refractivity contribution in [2.45, 2.75) is 6.42 Å². The predicted octanol–water partition coefficient (Wildman–Crippen LogP) is 2.17. The third kappa shape index (κ3) is 2.28. The summed E-state index contributed by atoms with van der Waals surface area (Å²) in [6.45, 7) is 1.83. The highest BCUT2D eigenvalue weighted by Gasteiger charge is 2.27. The van der Waals surface area contributed by atoms with Crippen molar-refractivity contribution in [1.82, 2.24) is 4.90 Å². The molecule has 1 heterocycles. The lowest BCUT2D eigenvalue weighted by Crippen LogP contribution is -2.20. The minimum Gasteiger partial charge on any atom is -0.398 e. The van der Waals surface area contributed by atoms with E-state index in [0.717, 1.165) is 24.0 Å². The average molecular weight is 283 g/mol. The number of hydrogen-bond acceptors (Lipinski definition) is 3. The van der Waals surface area contributed by atoms with Crippen molar-refractivity contribution in [2.75, 3.05) is 25.9 Å². The number of carbonyl (C=O) groups excluding carboxylic acids is 1. The Bertz CT molecular complexity index is 419. The summed E-state index contributed by atoms with van der Waals surface area (Å²) in [6, 6.07) is 5.45. The van der Waals surface area contributed by atoms with Gasteiger partial charge in [0.1, 0.15) is 0 Å². The summed E-state index contributed by atoms with van der Waals surface area (Å²) in [7, 11) is 2.04. The van der Waals surface area contributed by atoms with Crippen LogP contribution in [0.2, 0.25) is 0 Å². The second-order valence-electron chi connectivity index (χ2n) is 4.34. The molecule has 0 amide bonds. The number of nitrogens with two attached hydrogens (primary N) is 1. The van der Waals surface area contributed by atoms with Gasteiger partial charge in [-0.1, -0.05) is 15.9 Å². The first-order valence-electron chi connectivity index (χ1n) is 5.35. The van der Waals surface area contributed by atoms with Crippen molar-refractivity contribution in [2.24, 2.45) is 5.92 Å². The Balaban J connectivity index is 2.21. The molecule has 3 nitrogen and oxygen atoms in total. The van der Waals surface area contributed by atoms with E-state index in [2.05, 4.69) is 20.8 Å². The van der Waals surface area contributed by atoms with Crippen LogP contribution in [0.25, 0.3) is 0 Å². The zero-order valence-corrected chi connectivity index (χ0v) is 10.8. The van der Waals surface area contributed by atoms with E-state index < -0.39 is 0 Å². The number of halogens is 1. The van der Waals surface area contributed by atoms with Crippen molar-refractivity contribution in [3.05, 3.63) is 28.2 Å². The average Bonchev–Trinajstić information content (AvgIpc) is 2.64. The van der Waals surface area contributed by atoms with E-state index in [1.807, 2.05) is 13.1 Å². The van der Waals surface area contributed by atoms with Gasteiger partial charge in [-0.05, 0) is 38.2 Å². The molecule has 1 saturated heterocycles. The molecular formula is C12H15BrN2O. The highest BCUT2D eigenvalue weighted by Crippen LogP contribution is 2.25. The van der Waals surface area contributed by atoms with Gasteiger partial charge in [0.25, 0.3) is 0 Å². The van der Waals surface area contributed by atoms with Crippen molar-refractivity contribution in [1.29, 1.82) is 0 Å². The quantitative estimate of drug-likeness (QED) is 0.668. The first kappa shape index (κ1) is 11.6. The smallest absolute Gasteiger partial charge is 0.169 e. The van der Waals surface area contributed by atoms with E-state index in [-0.39, 0.29) is 11.7 Å². The minimum absolute atomic E-state index is 0.105. The number of likely N-dealkylation sites (tertiary alicyclic amines) is 1. The van der Waals surface area contributed by atoms with Gasteiger partial charge in [-0.3, -0.25) is 4.79 Å². The van der Waals surface area contributed by atoms with Crippen LogP contribution in [0.15, 0.2) is 22.7 Å².